The van der Waals surface area contributed by atoms with Crippen LogP contribution in [0.3, 0.4) is 0 Å². The number of phenolic OH excluding ortho intramolecular Hbond substituents is 2. The third-order valence-electron chi connectivity index (χ3n) is 4.07. The molecule has 0 saturated heterocycles. The van der Waals surface area contributed by atoms with Gasteiger partial charge in [0.2, 0.25) is 0 Å². The number of fused-ring (bicyclic) bond motifs is 2. The molecule has 0 radical (unpaired) electrons. The van der Waals surface area contributed by atoms with Crippen LogP contribution in [-0.4, -0.2) is 26.1 Å². The second-order valence-electron chi connectivity index (χ2n) is 5.66. The van der Waals surface area contributed by atoms with Crippen LogP contribution in [0, 0.1) is 0 Å². The summed E-state index contributed by atoms with van der Waals surface area (Å²) in [6.07, 6.45) is 1.39. The van der Waals surface area contributed by atoms with Crippen LogP contribution in [0.15, 0.2) is 60.9 Å². The standard InChI is InChI=1S/C19H14N4O3/c24-15-9-11-5-1-2-6-12(11)16(17(15)25)19(26)23-22-18-13-7-3-4-8-14(13)20-10-21-18/h1-10,24-25H,(H,23,26)(H,20,21,22). The van der Waals surface area contributed by atoms with Crippen molar-refractivity contribution in [3.8, 4) is 11.5 Å². The molecular weight excluding hydrogens is 332 g/mol. The summed E-state index contributed by atoms with van der Waals surface area (Å²) in [5, 5.41) is 22.0. The number of phenols is 2. The SMILES string of the molecule is O=C(NNc1ncnc2ccccc12)c1c(O)c(O)cc2ccccc12. The van der Waals surface area contributed by atoms with E-state index in [1.165, 1.54) is 12.4 Å². The highest BCUT2D eigenvalue weighted by molar-refractivity contribution is 6.10. The van der Waals surface area contributed by atoms with Gasteiger partial charge in [0.15, 0.2) is 17.3 Å². The number of hydrogen-bond donors (Lipinski definition) is 4. The minimum atomic E-state index is -0.600. The number of rotatable bonds is 3. The molecule has 0 bridgehead atoms. The number of benzene rings is 3. The summed E-state index contributed by atoms with van der Waals surface area (Å²) in [6, 6.07) is 15.7. The number of nitrogens with one attached hydrogen (secondary N) is 2. The van der Waals surface area contributed by atoms with Gasteiger partial charge in [0.05, 0.1) is 11.1 Å². The minimum Gasteiger partial charge on any atom is -0.504 e. The first-order valence-electron chi connectivity index (χ1n) is 7.85. The molecule has 1 amide bonds. The molecule has 4 N–H and O–H groups in total. The summed E-state index contributed by atoms with van der Waals surface area (Å²) in [6.45, 7) is 0. The third kappa shape index (κ3) is 2.61. The van der Waals surface area contributed by atoms with Crippen LogP contribution in [-0.2, 0) is 0 Å². The van der Waals surface area contributed by atoms with Crippen LogP contribution in [0.5, 0.6) is 11.5 Å². The zero-order valence-corrected chi connectivity index (χ0v) is 13.5. The zero-order chi connectivity index (χ0) is 18.1. The highest BCUT2D eigenvalue weighted by atomic mass is 16.3. The van der Waals surface area contributed by atoms with Gasteiger partial charge in [-0.05, 0) is 29.0 Å². The highest BCUT2D eigenvalue weighted by Crippen LogP contribution is 2.35. The van der Waals surface area contributed by atoms with Gasteiger partial charge in [0, 0.05) is 5.39 Å². The number of carbonyl (C=O) groups is 1. The van der Waals surface area contributed by atoms with Gasteiger partial charge < -0.3 is 10.2 Å². The van der Waals surface area contributed by atoms with E-state index in [1.807, 2.05) is 24.3 Å². The largest absolute Gasteiger partial charge is 0.504 e. The molecule has 0 aliphatic heterocycles. The number of carbonyl (C=O) groups excluding carboxylic acids is 1. The number of anilines is 1. The molecule has 7 nitrogen and oxygen atoms in total. The lowest BCUT2D eigenvalue weighted by Gasteiger charge is -2.13. The van der Waals surface area contributed by atoms with Crippen LogP contribution in [0.2, 0.25) is 0 Å². The molecule has 0 fully saturated rings. The zero-order valence-electron chi connectivity index (χ0n) is 13.5. The lowest BCUT2D eigenvalue weighted by molar-refractivity contribution is 0.0961. The highest BCUT2D eigenvalue weighted by Gasteiger charge is 2.19. The maximum Gasteiger partial charge on any atom is 0.274 e. The summed E-state index contributed by atoms with van der Waals surface area (Å²) < 4.78 is 0. The number of aromatic hydroxyl groups is 2. The third-order valence-corrected chi connectivity index (χ3v) is 4.07. The normalized spacial score (nSPS) is 10.8. The number of hydrazine groups is 1. The summed E-state index contributed by atoms with van der Waals surface area (Å²) in [4.78, 5) is 20.9. The van der Waals surface area contributed by atoms with Gasteiger partial charge in [0.1, 0.15) is 6.33 Å². The Morgan fingerprint density at radius 2 is 1.65 bits per heavy atom. The van der Waals surface area contributed by atoms with Crippen molar-refractivity contribution >= 4 is 33.4 Å². The Kier molecular flexibility index (Phi) is 3.74. The number of hydrogen-bond acceptors (Lipinski definition) is 6. The van der Waals surface area contributed by atoms with Crippen molar-refractivity contribution < 1.29 is 15.0 Å². The number of para-hydroxylation sites is 1. The Bertz CT molecular complexity index is 1140. The van der Waals surface area contributed by atoms with E-state index in [2.05, 4.69) is 20.8 Å². The number of aromatic nitrogens is 2. The van der Waals surface area contributed by atoms with Crippen LogP contribution in [0.1, 0.15) is 10.4 Å². The minimum absolute atomic E-state index is 0.0218. The van der Waals surface area contributed by atoms with Gasteiger partial charge in [0.25, 0.3) is 5.91 Å². The number of nitrogens with zero attached hydrogens (tertiary/aromatic N) is 2. The Hall–Kier alpha value is -3.87. The topological polar surface area (TPSA) is 107 Å². The van der Waals surface area contributed by atoms with E-state index in [-0.39, 0.29) is 11.3 Å². The molecule has 0 saturated carbocycles. The van der Waals surface area contributed by atoms with E-state index in [9.17, 15) is 15.0 Å². The first kappa shape index (κ1) is 15.6. The monoisotopic (exact) mass is 346 g/mol. The molecular formula is C19H14N4O3. The van der Waals surface area contributed by atoms with Gasteiger partial charge in [-0.15, -0.1) is 0 Å². The van der Waals surface area contributed by atoms with Crippen molar-refractivity contribution in [1.82, 2.24) is 15.4 Å². The van der Waals surface area contributed by atoms with Gasteiger partial charge in [-0.2, -0.15) is 0 Å². The molecule has 0 unspecified atom stereocenters. The van der Waals surface area contributed by atoms with Gasteiger partial charge in [-0.1, -0.05) is 36.4 Å². The van der Waals surface area contributed by atoms with Crippen LogP contribution in [0.25, 0.3) is 21.7 Å². The lowest BCUT2D eigenvalue weighted by Crippen LogP contribution is -2.30. The molecule has 128 valence electrons. The predicted molar refractivity (Wildman–Crippen MR) is 97.9 cm³/mol. The summed E-state index contributed by atoms with van der Waals surface area (Å²) in [7, 11) is 0. The van der Waals surface area contributed by atoms with E-state index in [4.69, 9.17) is 0 Å². The molecule has 0 aliphatic rings. The molecule has 4 aromatic rings. The first-order valence-corrected chi connectivity index (χ1v) is 7.85. The maximum absolute atomic E-state index is 12.7. The molecule has 4 rings (SSSR count). The van der Waals surface area contributed by atoms with Crippen molar-refractivity contribution in [2.75, 3.05) is 5.43 Å². The Balaban J connectivity index is 1.69. The van der Waals surface area contributed by atoms with E-state index in [0.29, 0.717) is 16.6 Å². The fourth-order valence-corrected chi connectivity index (χ4v) is 2.83. The Morgan fingerprint density at radius 1 is 0.923 bits per heavy atom. The predicted octanol–water partition coefficient (Wildman–Crippen LogP) is 2.95. The summed E-state index contributed by atoms with van der Waals surface area (Å²) in [5.74, 6) is -1.01. The van der Waals surface area contributed by atoms with Gasteiger partial charge in [-0.25, -0.2) is 9.97 Å². The van der Waals surface area contributed by atoms with Crippen LogP contribution in [0.4, 0.5) is 5.82 Å². The molecule has 1 heterocycles. The smallest absolute Gasteiger partial charge is 0.274 e. The van der Waals surface area contributed by atoms with E-state index in [0.717, 1.165) is 10.9 Å². The quantitative estimate of drug-likeness (QED) is 0.336. The fourth-order valence-electron chi connectivity index (χ4n) is 2.83. The Morgan fingerprint density at radius 3 is 2.50 bits per heavy atom. The average molecular weight is 346 g/mol. The van der Waals surface area contributed by atoms with Crippen molar-refractivity contribution in [3.63, 3.8) is 0 Å². The van der Waals surface area contributed by atoms with Crippen molar-refractivity contribution in [3.05, 3.63) is 66.5 Å². The van der Waals surface area contributed by atoms with E-state index >= 15 is 0 Å². The first-order chi connectivity index (χ1) is 12.6. The Labute approximate surface area is 147 Å². The second-order valence-corrected chi connectivity index (χ2v) is 5.66. The van der Waals surface area contributed by atoms with Crippen molar-refractivity contribution in [2.24, 2.45) is 0 Å². The van der Waals surface area contributed by atoms with E-state index in [1.54, 1.807) is 24.3 Å². The molecule has 26 heavy (non-hydrogen) atoms. The number of amides is 1. The lowest BCUT2D eigenvalue weighted by atomic mass is 10.0. The molecule has 0 aliphatic carbocycles. The molecule has 3 aromatic carbocycles. The van der Waals surface area contributed by atoms with Crippen LogP contribution >= 0.6 is 0 Å². The van der Waals surface area contributed by atoms with Gasteiger partial charge >= 0.3 is 0 Å². The molecule has 7 heteroatoms. The molecule has 0 spiro atoms. The van der Waals surface area contributed by atoms with Gasteiger partial charge in [-0.3, -0.25) is 15.6 Å². The average Bonchev–Trinajstić information content (AvgIpc) is 2.67. The van der Waals surface area contributed by atoms with Crippen molar-refractivity contribution in [2.45, 2.75) is 0 Å². The van der Waals surface area contributed by atoms with E-state index < -0.39 is 11.7 Å². The molecule has 1 aromatic heterocycles. The molecule has 0 atom stereocenters. The fraction of sp³-hybridized carbons (Fsp3) is 0. The summed E-state index contributed by atoms with van der Waals surface area (Å²) >= 11 is 0. The summed E-state index contributed by atoms with van der Waals surface area (Å²) in [5.41, 5.74) is 5.98. The van der Waals surface area contributed by atoms with Crippen LogP contribution < -0.4 is 10.9 Å². The van der Waals surface area contributed by atoms with Crippen molar-refractivity contribution in [1.29, 1.82) is 0 Å². The maximum atomic E-state index is 12.7. The second kappa shape index (κ2) is 6.21.